The Morgan fingerprint density at radius 1 is 1.05 bits per heavy atom. The summed E-state index contributed by atoms with van der Waals surface area (Å²) in [7, 11) is 0. The van der Waals surface area contributed by atoms with E-state index in [-0.39, 0.29) is 0 Å². The van der Waals surface area contributed by atoms with Crippen LogP contribution in [0, 0.1) is 5.92 Å². The third-order valence-electron chi connectivity index (χ3n) is 5.52. The van der Waals surface area contributed by atoms with Crippen molar-refractivity contribution in [2.45, 2.75) is 83.7 Å². The lowest BCUT2D eigenvalue weighted by Crippen LogP contribution is -2.58. The number of likely N-dealkylation sites (tertiary alicyclic amines) is 1. The van der Waals surface area contributed by atoms with Crippen molar-refractivity contribution in [3.8, 4) is 0 Å². The first-order chi connectivity index (χ1) is 9.14. The first-order valence-electron chi connectivity index (χ1n) is 8.63. The molecular weight excluding hydrogens is 232 g/mol. The van der Waals surface area contributed by atoms with Crippen LogP contribution in [0.3, 0.4) is 0 Å². The van der Waals surface area contributed by atoms with E-state index in [1.807, 2.05) is 0 Å². The monoisotopic (exact) mass is 266 g/mol. The van der Waals surface area contributed by atoms with Crippen LogP contribution in [0.5, 0.6) is 0 Å². The number of nitrogens with one attached hydrogen (secondary N) is 1. The molecule has 1 aliphatic heterocycles. The lowest BCUT2D eigenvalue weighted by atomic mass is 9.76. The van der Waals surface area contributed by atoms with Gasteiger partial charge in [0.25, 0.3) is 0 Å². The Labute approximate surface area is 120 Å². The first-order valence-corrected chi connectivity index (χ1v) is 8.63. The first kappa shape index (κ1) is 15.3. The molecule has 0 bridgehead atoms. The number of likely N-dealkylation sites (N-methyl/N-ethyl adjacent to an activating group) is 1. The van der Waals surface area contributed by atoms with E-state index in [1.54, 1.807) is 0 Å². The molecular formula is C17H34N2. The molecule has 2 heteroatoms. The zero-order valence-electron chi connectivity index (χ0n) is 13.4. The number of hydrogen-bond acceptors (Lipinski definition) is 2. The molecule has 1 unspecified atom stereocenters. The fourth-order valence-corrected chi connectivity index (χ4v) is 3.80. The molecule has 1 atom stereocenters. The Morgan fingerprint density at radius 3 is 2.16 bits per heavy atom. The summed E-state index contributed by atoms with van der Waals surface area (Å²) in [6.45, 7) is 10.9. The Balaban J connectivity index is 1.98. The van der Waals surface area contributed by atoms with Crippen LogP contribution in [0.4, 0.5) is 0 Å². The van der Waals surface area contributed by atoms with E-state index in [2.05, 4.69) is 31.0 Å². The standard InChI is InChI=1S/C17H34N2/c1-4-18-16(14-15-10-9-11-15)17(2,3)19-12-7-5-6-8-13-19/h15-16,18H,4-14H2,1-3H3. The van der Waals surface area contributed by atoms with Gasteiger partial charge in [0.1, 0.15) is 0 Å². The SMILES string of the molecule is CCNC(CC1CCC1)C(C)(C)N1CCCCCC1. The minimum Gasteiger partial charge on any atom is -0.312 e. The lowest BCUT2D eigenvalue weighted by molar-refractivity contribution is 0.0661. The second kappa shape index (κ2) is 7.08. The molecule has 2 aliphatic rings. The number of nitrogens with zero attached hydrogens (tertiary/aromatic N) is 1. The Bertz CT molecular complexity index is 250. The Morgan fingerprint density at radius 2 is 1.68 bits per heavy atom. The van der Waals surface area contributed by atoms with Gasteiger partial charge < -0.3 is 5.32 Å². The fourth-order valence-electron chi connectivity index (χ4n) is 3.80. The Hall–Kier alpha value is -0.0800. The van der Waals surface area contributed by atoms with E-state index in [0.717, 1.165) is 12.5 Å². The van der Waals surface area contributed by atoms with Crippen LogP contribution in [0.15, 0.2) is 0 Å². The maximum absolute atomic E-state index is 3.80. The topological polar surface area (TPSA) is 15.3 Å². The molecule has 1 saturated heterocycles. The average molecular weight is 266 g/mol. The maximum Gasteiger partial charge on any atom is 0.0306 e. The molecule has 2 fully saturated rings. The highest BCUT2D eigenvalue weighted by Gasteiger charge is 2.37. The molecule has 19 heavy (non-hydrogen) atoms. The van der Waals surface area contributed by atoms with E-state index < -0.39 is 0 Å². The van der Waals surface area contributed by atoms with Crippen molar-refractivity contribution in [3.63, 3.8) is 0 Å². The highest BCUT2D eigenvalue weighted by atomic mass is 15.2. The number of rotatable bonds is 6. The van der Waals surface area contributed by atoms with Gasteiger partial charge >= 0.3 is 0 Å². The van der Waals surface area contributed by atoms with Gasteiger partial charge in [-0.25, -0.2) is 0 Å². The maximum atomic E-state index is 3.80. The van der Waals surface area contributed by atoms with Crippen molar-refractivity contribution >= 4 is 0 Å². The van der Waals surface area contributed by atoms with Gasteiger partial charge in [-0.05, 0) is 58.7 Å². The normalized spacial score (nSPS) is 24.8. The summed E-state index contributed by atoms with van der Waals surface area (Å²) in [6.07, 6.45) is 11.4. The molecule has 1 aliphatic carbocycles. The van der Waals surface area contributed by atoms with Gasteiger partial charge in [0.15, 0.2) is 0 Å². The third kappa shape index (κ3) is 3.95. The van der Waals surface area contributed by atoms with E-state index in [4.69, 9.17) is 0 Å². The zero-order chi connectivity index (χ0) is 13.7. The second-order valence-corrected chi connectivity index (χ2v) is 7.20. The molecule has 2 nitrogen and oxygen atoms in total. The van der Waals surface area contributed by atoms with Gasteiger partial charge in [0, 0.05) is 11.6 Å². The molecule has 2 rings (SSSR count). The largest absolute Gasteiger partial charge is 0.312 e. The Kier molecular flexibility index (Phi) is 5.70. The quantitative estimate of drug-likeness (QED) is 0.786. The van der Waals surface area contributed by atoms with Crippen LogP contribution >= 0.6 is 0 Å². The smallest absolute Gasteiger partial charge is 0.0306 e. The van der Waals surface area contributed by atoms with Crippen LogP contribution in [0.1, 0.15) is 72.1 Å². The average Bonchev–Trinajstić information content (AvgIpc) is 2.61. The lowest BCUT2D eigenvalue weighted by Gasteiger charge is -2.46. The molecule has 0 spiro atoms. The van der Waals surface area contributed by atoms with E-state index in [9.17, 15) is 0 Å². The zero-order valence-corrected chi connectivity index (χ0v) is 13.4. The number of hydrogen-bond donors (Lipinski definition) is 1. The van der Waals surface area contributed by atoms with Gasteiger partial charge in [0.2, 0.25) is 0 Å². The second-order valence-electron chi connectivity index (χ2n) is 7.20. The van der Waals surface area contributed by atoms with Gasteiger partial charge in [-0.3, -0.25) is 4.90 Å². The van der Waals surface area contributed by atoms with E-state index in [1.165, 1.54) is 64.5 Å². The summed E-state index contributed by atoms with van der Waals surface area (Å²) in [4.78, 5) is 2.77. The molecule has 0 aromatic heterocycles. The highest BCUT2D eigenvalue weighted by Crippen LogP contribution is 2.34. The predicted molar refractivity (Wildman–Crippen MR) is 83.5 cm³/mol. The summed E-state index contributed by atoms with van der Waals surface area (Å²) >= 11 is 0. The van der Waals surface area contributed by atoms with Gasteiger partial charge in [-0.2, -0.15) is 0 Å². The third-order valence-corrected chi connectivity index (χ3v) is 5.52. The summed E-state index contributed by atoms with van der Waals surface area (Å²) < 4.78 is 0. The summed E-state index contributed by atoms with van der Waals surface area (Å²) in [5, 5.41) is 3.80. The fraction of sp³-hybridized carbons (Fsp3) is 1.00. The van der Waals surface area contributed by atoms with E-state index >= 15 is 0 Å². The van der Waals surface area contributed by atoms with Crippen LogP contribution in [0.2, 0.25) is 0 Å². The van der Waals surface area contributed by atoms with Crippen LogP contribution in [0.25, 0.3) is 0 Å². The van der Waals surface area contributed by atoms with Crippen molar-refractivity contribution in [2.24, 2.45) is 5.92 Å². The predicted octanol–water partition coefficient (Wildman–Crippen LogP) is 3.81. The van der Waals surface area contributed by atoms with Crippen LogP contribution in [-0.2, 0) is 0 Å². The van der Waals surface area contributed by atoms with Gasteiger partial charge in [-0.1, -0.05) is 39.0 Å². The summed E-state index contributed by atoms with van der Waals surface area (Å²) in [5.74, 6) is 0.996. The van der Waals surface area contributed by atoms with Gasteiger partial charge in [0.05, 0.1) is 0 Å². The van der Waals surface area contributed by atoms with Gasteiger partial charge in [-0.15, -0.1) is 0 Å². The minimum atomic E-state index is 0.315. The van der Waals surface area contributed by atoms with Crippen molar-refractivity contribution in [1.29, 1.82) is 0 Å². The van der Waals surface area contributed by atoms with Crippen molar-refractivity contribution in [2.75, 3.05) is 19.6 Å². The van der Waals surface area contributed by atoms with E-state index in [0.29, 0.717) is 11.6 Å². The molecule has 0 radical (unpaired) electrons. The minimum absolute atomic E-state index is 0.315. The molecule has 112 valence electrons. The molecule has 1 saturated carbocycles. The van der Waals surface area contributed by atoms with Crippen molar-refractivity contribution in [3.05, 3.63) is 0 Å². The van der Waals surface area contributed by atoms with Crippen molar-refractivity contribution in [1.82, 2.24) is 10.2 Å². The highest BCUT2D eigenvalue weighted by molar-refractivity contribution is 4.96. The van der Waals surface area contributed by atoms with Crippen LogP contribution in [-0.4, -0.2) is 36.1 Å². The van der Waals surface area contributed by atoms with Crippen molar-refractivity contribution < 1.29 is 0 Å². The molecule has 0 aromatic carbocycles. The molecule has 1 heterocycles. The summed E-state index contributed by atoms with van der Waals surface area (Å²) in [5.41, 5.74) is 0.315. The molecule has 1 N–H and O–H groups in total. The molecule has 0 amide bonds. The van der Waals surface area contributed by atoms with Crippen LogP contribution < -0.4 is 5.32 Å². The summed E-state index contributed by atoms with van der Waals surface area (Å²) in [6, 6.07) is 0.667. The molecule has 0 aromatic rings.